The summed E-state index contributed by atoms with van der Waals surface area (Å²) in [6.07, 6.45) is 0. The van der Waals surface area contributed by atoms with Crippen LogP contribution in [0.3, 0.4) is 0 Å². The minimum absolute atomic E-state index is 0.327. The second-order valence-corrected chi connectivity index (χ2v) is 5.92. The molecule has 14 heavy (non-hydrogen) atoms. The standard InChI is InChI=1S/C7H6ClFINO2S/c8-4-14(12,13)11-7-2-1-5(9)3-6(7)10/h1-3,11H,4H2. The molecule has 1 rings (SSSR count). The zero-order chi connectivity index (χ0) is 10.8. The largest absolute Gasteiger partial charge is 0.281 e. The first-order valence-electron chi connectivity index (χ1n) is 3.46. The Labute approximate surface area is 99.8 Å². The van der Waals surface area contributed by atoms with E-state index in [0.29, 0.717) is 9.26 Å². The van der Waals surface area contributed by atoms with E-state index in [1.807, 2.05) is 22.6 Å². The second-order valence-electron chi connectivity index (χ2n) is 2.45. The molecule has 0 radical (unpaired) electrons. The van der Waals surface area contributed by atoms with Gasteiger partial charge in [-0.05, 0) is 40.8 Å². The molecule has 0 aliphatic heterocycles. The molecule has 0 fully saturated rings. The number of benzene rings is 1. The third-order valence-corrected chi connectivity index (χ3v) is 3.91. The number of halogens is 3. The van der Waals surface area contributed by atoms with Crippen LogP contribution in [0.15, 0.2) is 18.2 Å². The number of hydrogen-bond acceptors (Lipinski definition) is 2. The number of hydrogen-bond donors (Lipinski definition) is 1. The summed E-state index contributed by atoms with van der Waals surface area (Å²) in [6, 6.07) is 3.75. The van der Waals surface area contributed by atoms with Crippen LogP contribution in [0.2, 0.25) is 0 Å². The number of rotatable bonds is 3. The Hall–Kier alpha value is -0.0800. The summed E-state index contributed by atoms with van der Waals surface area (Å²) in [7, 11) is -3.52. The number of anilines is 1. The van der Waals surface area contributed by atoms with E-state index in [4.69, 9.17) is 11.6 Å². The van der Waals surface area contributed by atoms with Crippen molar-refractivity contribution in [1.29, 1.82) is 0 Å². The lowest BCUT2D eigenvalue weighted by molar-refractivity contribution is 0.605. The van der Waals surface area contributed by atoms with E-state index in [1.165, 1.54) is 18.2 Å². The molecule has 0 heterocycles. The molecular weight excluding hydrogens is 344 g/mol. The van der Waals surface area contributed by atoms with Gasteiger partial charge in [-0.2, -0.15) is 0 Å². The van der Waals surface area contributed by atoms with E-state index in [0.717, 1.165) is 0 Å². The molecular formula is C7H6ClFINO2S. The zero-order valence-electron chi connectivity index (χ0n) is 6.80. The monoisotopic (exact) mass is 349 g/mol. The minimum atomic E-state index is -3.52. The first kappa shape index (κ1) is 12.0. The summed E-state index contributed by atoms with van der Waals surface area (Å²) < 4.78 is 37.5. The van der Waals surface area contributed by atoms with Crippen molar-refractivity contribution >= 4 is 49.9 Å². The Morgan fingerprint density at radius 2 is 2.14 bits per heavy atom. The van der Waals surface area contributed by atoms with Crippen molar-refractivity contribution in [2.45, 2.75) is 0 Å². The summed E-state index contributed by atoms with van der Waals surface area (Å²) in [4.78, 5) is 0. The molecule has 0 saturated heterocycles. The van der Waals surface area contributed by atoms with Crippen LogP contribution in [0.1, 0.15) is 0 Å². The van der Waals surface area contributed by atoms with Gasteiger partial charge in [-0.25, -0.2) is 12.8 Å². The summed E-state index contributed by atoms with van der Waals surface area (Å²) in [5.41, 5.74) is 0.327. The molecule has 1 N–H and O–H groups in total. The van der Waals surface area contributed by atoms with Crippen LogP contribution in [0, 0.1) is 9.39 Å². The Bertz CT molecular complexity index is 437. The fourth-order valence-corrected chi connectivity index (χ4v) is 2.29. The molecule has 0 spiro atoms. The van der Waals surface area contributed by atoms with E-state index in [-0.39, 0.29) is 0 Å². The van der Waals surface area contributed by atoms with Crippen LogP contribution in [0.25, 0.3) is 0 Å². The quantitative estimate of drug-likeness (QED) is 0.673. The predicted octanol–water partition coefficient (Wildman–Crippen LogP) is 2.37. The van der Waals surface area contributed by atoms with Gasteiger partial charge in [-0.1, -0.05) is 0 Å². The van der Waals surface area contributed by atoms with Gasteiger partial charge in [-0.15, -0.1) is 11.6 Å². The van der Waals surface area contributed by atoms with E-state index >= 15 is 0 Å². The van der Waals surface area contributed by atoms with E-state index in [1.54, 1.807) is 0 Å². The van der Waals surface area contributed by atoms with Crippen molar-refractivity contribution < 1.29 is 12.8 Å². The van der Waals surface area contributed by atoms with Crippen molar-refractivity contribution in [2.75, 3.05) is 9.93 Å². The normalized spacial score (nSPS) is 11.4. The highest BCUT2D eigenvalue weighted by molar-refractivity contribution is 14.1. The van der Waals surface area contributed by atoms with Gasteiger partial charge < -0.3 is 0 Å². The average Bonchev–Trinajstić information content (AvgIpc) is 2.10. The van der Waals surface area contributed by atoms with E-state index in [9.17, 15) is 12.8 Å². The number of sulfonamides is 1. The van der Waals surface area contributed by atoms with Gasteiger partial charge in [0.2, 0.25) is 10.0 Å². The summed E-state index contributed by atoms with van der Waals surface area (Å²) in [5, 5.41) is -0.527. The fraction of sp³-hybridized carbons (Fsp3) is 0.143. The van der Waals surface area contributed by atoms with Gasteiger partial charge in [0, 0.05) is 3.57 Å². The fourth-order valence-electron chi connectivity index (χ4n) is 0.767. The van der Waals surface area contributed by atoms with Gasteiger partial charge in [-0.3, -0.25) is 4.72 Å². The summed E-state index contributed by atoms with van der Waals surface area (Å²) in [6.45, 7) is 0. The first-order valence-corrected chi connectivity index (χ1v) is 6.72. The molecule has 1 aromatic rings. The maximum Gasteiger partial charge on any atom is 0.246 e. The second kappa shape index (κ2) is 4.63. The van der Waals surface area contributed by atoms with Crippen LogP contribution in [0.4, 0.5) is 10.1 Å². The van der Waals surface area contributed by atoms with Gasteiger partial charge in [0.25, 0.3) is 0 Å². The van der Waals surface area contributed by atoms with Gasteiger partial charge >= 0.3 is 0 Å². The first-order chi connectivity index (χ1) is 6.44. The minimum Gasteiger partial charge on any atom is -0.281 e. The lowest BCUT2D eigenvalue weighted by Crippen LogP contribution is -2.14. The molecule has 3 nitrogen and oxygen atoms in total. The van der Waals surface area contributed by atoms with Gasteiger partial charge in [0.15, 0.2) is 0 Å². The predicted molar refractivity (Wildman–Crippen MR) is 62.4 cm³/mol. The zero-order valence-corrected chi connectivity index (χ0v) is 10.5. The van der Waals surface area contributed by atoms with Crippen molar-refractivity contribution in [3.05, 3.63) is 27.6 Å². The molecule has 0 amide bonds. The Kier molecular flexibility index (Phi) is 3.96. The topological polar surface area (TPSA) is 46.2 Å². The molecule has 0 aliphatic carbocycles. The van der Waals surface area contributed by atoms with Crippen molar-refractivity contribution in [2.24, 2.45) is 0 Å². The molecule has 0 bridgehead atoms. The van der Waals surface area contributed by atoms with Crippen LogP contribution in [-0.4, -0.2) is 13.6 Å². The smallest absolute Gasteiger partial charge is 0.246 e. The van der Waals surface area contributed by atoms with Crippen LogP contribution in [0.5, 0.6) is 0 Å². The highest BCUT2D eigenvalue weighted by atomic mass is 127. The molecule has 0 aromatic heterocycles. The molecule has 7 heteroatoms. The molecule has 78 valence electrons. The Morgan fingerprint density at radius 3 is 2.64 bits per heavy atom. The van der Waals surface area contributed by atoms with Crippen molar-refractivity contribution in [1.82, 2.24) is 0 Å². The SMILES string of the molecule is O=S(=O)(CCl)Nc1ccc(F)cc1I. The highest BCUT2D eigenvalue weighted by Gasteiger charge is 2.10. The molecule has 0 atom stereocenters. The molecule has 0 aliphatic rings. The Morgan fingerprint density at radius 1 is 1.50 bits per heavy atom. The van der Waals surface area contributed by atoms with Gasteiger partial charge in [0.05, 0.1) is 5.69 Å². The highest BCUT2D eigenvalue weighted by Crippen LogP contribution is 2.20. The van der Waals surface area contributed by atoms with Crippen molar-refractivity contribution in [3.8, 4) is 0 Å². The average molecular weight is 350 g/mol. The lowest BCUT2D eigenvalue weighted by Gasteiger charge is -2.06. The third-order valence-electron chi connectivity index (χ3n) is 1.34. The Balaban J connectivity index is 2.99. The lowest BCUT2D eigenvalue weighted by atomic mass is 10.3. The van der Waals surface area contributed by atoms with Crippen molar-refractivity contribution in [3.63, 3.8) is 0 Å². The molecule has 0 saturated carbocycles. The maximum absolute atomic E-state index is 12.7. The van der Waals surface area contributed by atoms with E-state index < -0.39 is 21.1 Å². The third kappa shape index (κ3) is 3.25. The molecule has 1 aromatic carbocycles. The van der Waals surface area contributed by atoms with Crippen LogP contribution in [-0.2, 0) is 10.0 Å². The summed E-state index contributed by atoms with van der Waals surface area (Å²) >= 11 is 7.03. The maximum atomic E-state index is 12.7. The van der Waals surface area contributed by atoms with Crippen LogP contribution >= 0.6 is 34.2 Å². The molecule has 0 unspecified atom stereocenters. The summed E-state index contributed by atoms with van der Waals surface area (Å²) in [5.74, 6) is -0.414. The van der Waals surface area contributed by atoms with E-state index in [2.05, 4.69) is 4.72 Å². The van der Waals surface area contributed by atoms with Crippen LogP contribution < -0.4 is 4.72 Å². The number of alkyl halides is 1. The number of nitrogens with one attached hydrogen (secondary N) is 1. The van der Waals surface area contributed by atoms with Gasteiger partial charge in [0.1, 0.15) is 11.0 Å².